The molecule has 0 bridgehead atoms. The van der Waals surface area contributed by atoms with Crippen LogP contribution in [0.15, 0.2) is 96.2 Å². The Morgan fingerprint density at radius 2 is 1.51 bits per heavy atom. The minimum Gasteiger partial charge on any atom is -0.457 e. The molecule has 202 valence electrons. The molecule has 2 heterocycles. The molecule has 5 rings (SSSR count). The van der Waals surface area contributed by atoms with Gasteiger partial charge in [-0.15, -0.1) is 0 Å². The number of hydrogen-bond donors (Lipinski definition) is 1. The first-order valence-corrected chi connectivity index (χ1v) is 15.0. The summed E-state index contributed by atoms with van der Waals surface area (Å²) in [5.41, 5.74) is 1.98. The molecule has 39 heavy (non-hydrogen) atoms. The van der Waals surface area contributed by atoms with Crippen molar-refractivity contribution in [1.82, 2.24) is 9.71 Å². The predicted molar refractivity (Wildman–Crippen MR) is 157 cm³/mol. The second kappa shape index (κ2) is 12.1. The average molecular weight is 603 g/mol. The molecular formula is C29H26Cl3N3O3S. The molecule has 1 saturated heterocycles. The molecule has 0 amide bonds. The van der Waals surface area contributed by atoms with Crippen LogP contribution in [0.1, 0.15) is 24.4 Å². The van der Waals surface area contributed by atoms with Crippen LogP contribution in [-0.4, -0.2) is 26.5 Å². The van der Waals surface area contributed by atoms with Gasteiger partial charge in [0.25, 0.3) is 0 Å². The van der Waals surface area contributed by atoms with Crippen LogP contribution in [0.25, 0.3) is 0 Å². The highest BCUT2D eigenvalue weighted by atomic mass is 35.5. The van der Waals surface area contributed by atoms with Crippen LogP contribution >= 0.6 is 34.8 Å². The van der Waals surface area contributed by atoms with Gasteiger partial charge in [-0.25, -0.2) is 13.1 Å². The second-order valence-corrected chi connectivity index (χ2v) is 12.4. The summed E-state index contributed by atoms with van der Waals surface area (Å²) < 4.78 is 34.7. The zero-order valence-corrected chi connectivity index (χ0v) is 23.9. The van der Waals surface area contributed by atoms with Crippen molar-refractivity contribution >= 4 is 50.5 Å². The lowest BCUT2D eigenvalue weighted by Crippen LogP contribution is -2.42. The predicted octanol–water partition coefficient (Wildman–Crippen LogP) is 7.77. The summed E-state index contributed by atoms with van der Waals surface area (Å²) in [6.07, 6.45) is 4.89. The van der Waals surface area contributed by atoms with E-state index < -0.39 is 10.0 Å². The van der Waals surface area contributed by atoms with Gasteiger partial charge in [-0.2, -0.15) is 0 Å². The molecule has 0 radical (unpaired) electrons. The number of piperidine rings is 1. The van der Waals surface area contributed by atoms with E-state index >= 15 is 0 Å². The van der Waals surface area contributed by atoms with E-state index in [1.807, 2.05) is 36.4 Å². The number of aromatic nitrogens is 1. The Balaban J connectivity index is 1.28. The Labute approximate surface area is 243 Å². The zero-order chi connectivity index (χ0) is 27.4. The number of anilines is 1. The largest absolute Gasteiger partial charge is 0.457 e. The molecule has 6 nitrogen and oxygen atoms in total. The summed E-state index contributed by atoms with van der Waals surface area (Å²) in [5.74, 6) is 1.25. The van der Waals surface area contributed by atoms with Gasteiger partial charge < -0.3 is 9.64 Å². The molecule has 0 saturated carbocycles. The van der Waals surface area contributed by atoms with E-state index in [9.17, 15) is 8.42 Å². The van der Waals surface area contributed by atoms with E-state index in [1.54, 1.807) is 42.7 Å². The number of nitrogens with zero attached hydrogens (tertiary/aromatic N) is 2. The Morgan fingerprint density at radius 3 is 2.21 bits per heavy atom. The van der Waals surface area contributed by atoms with Crippen molar-refractivity contribution in [1.29, 1.82) is 0 Å². The van der Waals surface area contributed by atoms with Crippen LogP contribution in [0.4, 0.5) is 5.69 Å². The number of pyridine rings is 1. The van der Waals surface area contributed by atoms with Crippen LogP contribution in [0.5, 0.6) is 11.5 Å². The van der Waals surface area contributed by atoms with E-state index in [4.69, 9.17) is 39.5 Å². The number of ether oxygens (including phenoxy) is 1. The quantitative estimate of drug-likeness (QED) is 0.223. The average Bonchev–Trinajstić information content (AvgIpc) is 2.93. The van der Waals surface area contributed by atoms with Gasteiger partial charge in [0.15, 0.2) is 0 Å². The molecule has 0 aliphatic carbocycles. The van der Waals surface area contributed by atoms with Gasteiger partial charge in [0.05, 0.1) is 10.9 Å². The van der Waals surface area contributed by atoms with Gasteiger partial charge in [-0.1, -0.05) is 40.9 Å². The van der Waals surface area contributed by atoms with Crippen molar-refractivity contribution in [3.05, 3.63) is 112 Å². The molecule has 0 spiro atoms. The highest BCUT2D eigenvalue weighted by molar-refractivity contribution is 7.89. The van der Waals surface area contributed by atoms with Crippen LogP contribution in [0.3, 0.4) is 0 Å². The Morgan fingerprint density at radius 1 is 0.846 bits per heavy atom. The van der Waals surface area contributed by atoms with Crippen LogP contribution < -0.4 is 14.4 Å². The highest BCUT2D eigenvalue weighted by Gasteiger charge is 2.31. The maximum Gasteiger partial charge on any atom is 0.240 e. The Bertz CT molecular complexity index is 1520. The maximum absolute atomic E-state index is 13.1. The van der Waals surface area contributed by atoms with Crippen LogP contribution in [-0.2, 0) is 10.0 Å². The van der Waals surface area contributed by atoms with Gasteiger partial charge in [-0.05, 0) is 97.1 Å². The van der Waals surface area contributed by atoms with Gasteiger partial charge in [0, 0.05) is 46.2 Å². The molecule has 10 heteroatoms. The lowest BCUT2D eigenvalue weighted by atomic mass is 9.88. The summed E-state index contributed by atoms with van der Waals surface area (Å²) in [7, 11) is -3.70. The molecule has 1 aromatic heterocycles. The van der Waals surface area contributed by atoms with E-state index in [0.29, 0.717) is 39.7 Å². The lowest BCUT2D eigenvalue weighted by molar-refractivity contribution is 0.358. The fourth-order valence-electron chi connectivity index (χ4n) is 4.77. The summed E-state index contributed by atoms with van der Waals surface area (Å²) >= 11 is 18.9. The second-order valence-electron chi connectivity index (χ2n) is 9.36. The van der Waals surface area contributed by atoms with Crippen molar-refractivity contribution in [3.8, 4) is 11.5 Å². The Hall–Kier alpha value is -2.81. The molecule has 1 aliphatic rings. The normalized spacial score (nSPS) is 17.7. The van der Waals surface area contributed by atoms with E-state index in [-0.39, 0.29) is 16.9 Å². The van der Waals surface area contributed by atoms with Crippen molar-refractivity contribution in [2.24, 2.45) is 5.92 Å². The number of halogens is 3. The van der Waals surface area contributed by atoms with Crippen molar-refractivity contribution < 1.29 is 13.2 Å². The third-order valence-electron chi connectivity index (χ3n) is 6.74. The molecular weight excluding hydrogens is 577 g/mol. The van der Waals surface area contributed by atoms with Gasteiger partial charge in [-0.3, -0.25) is 4.98 Å². The van der Waals surface area contributed by atoms with Gasteiger partial charge in [0.1, 0.15) is 11.5 Å². The molecule has 4 aromatic rings. The number of sulfonamides is 1. The van der Waals surface area contributed by atoms with Crippen LogP contribution in [0, 0.1) is 5.92 Å². The summed E-state index contributed by atoms with van der Waals surface area (Å²) in [6.45, 7) is 0.954. The van der Waals surface area contributed by atoms with E-state index in [2.05, 4.69) is 14.6 Å². The van der Waals surface area contributed by atoms with E-state index in [0.717, 1.165) is 24.1 Å². The lowest BCUT2D eigenvalue weighted by Gasteiger charge is -2.42. The third-order valence-corrected chi connectivity index (χ3v) is 8.99. The van der Waals surface area contributed by atoms with E-state index in [1.165, 1.54) is 12.1 Å². The molecule has 1 aliphatic heterocycles. The standard InChI is InChI=1S/C29H26Cl3N3O3S/c30-21-2-5-23(6-3-21)35-19-20(1-12-29(35)27-11-4-22(31)17-28(27)32)18-34-39(36,37)26-9-7-24(8-10-26)38-25-13-15-33-16-14-25/h2-11,13-17,20,29,34H,1,12,18-19H2/t20-,29?/m0/s1. The minimum absolute atomic E-state index is 0.0248. The first-order valence-electron chi connectivity index (χ1n) is 12.4. The molecule has 1 unspecified atom stereocenters. The van der Waals surface area contributed by atoms with Gasteiger partial charge >= 0.3 is 0 Å². The molecule has 1 N–H and O–H groups in total. The first kappa shape index (κ1) is 27.7. The number of hydrogen-bond acceptors (Lipinski definition) is 5. The molecule has 3 aromatic carbocycles. The minimum atomic E-state index is -3.70. The summed E-state index contributed by atoms with van der Waals surface area (Å²) in [6, 6.07) is 23.1. The highest BCUT2D eigenvalue weighted by Crippen LogP contribution is 2.40. The first-order chi connectivity index (χ1) is 18.8. The third kappa shape index (κ3) is 6.86. The number of rotatable bonds is 8. The molecule has 1 fully saturated rings. The van der Waals surface area contributed by atoms with Crippen LogP contribution in [0.2, 0.25) is 15.1 Å². The van der Waals surface area contributed by atoms with Crippen molar-refractivity contribution in [2.75, 3.05) is 18.0 Å². The topological polar surface area (TPSA) is 71.5 Å². The monoisotopic (exact) mass is 601 g/mol. The van der Waals surface area contributed by atoms with Crippen molar-refractivity contribution in [2.45, 2.75) is 23.8 Å². The fourth-order valence-corrected chi connectivity index (χ4v) is 6.54. The summed E-state index contributed by atoms with van der Waals surface area (Å²) in [4.78, 5) is 6.40. The van der Waals surface area contributed by atoms with Crippen molar-refractivity contribution in [3.63, 3.8) is 0 Å². The van der Waals surface area contributed by atoms with Gasteiger partial charge in [0.2, 0.25) is 10.0 Å². The maximum atomic E-state index is 13.1. The Kier molecular flexibility index (Phi) is 8.64. The number of nitrogens with one attached hydrogen (secondary N) is 1. The molecule has 2 atom stereocenters. The number of benzene rings is 3. The smallest absolute Gasteiger partial charge is 0.240 e. The zero-order valence-electron chi connectivity index (χ0n) is 20.8. The SMILES string of the molecule is O=S(=O)(NC[C@@H]1CCC(c2ccc(Cl)cc2Cl)N(c2ccc(Cl)cc2)C1)c1ccc(Oc2ccncc2)cc1. The fraction of sp³-hybridized carbons (Fsp3) is 0.207. The summed E-state index contributed by atoms with van der Waals surface area (Å²) in [5, 5.41) is 1.85.